The number of nitrogens with zero attached hydrogens (tertiary/aromatic N) is 1. The summed E-state index contributed by atoms with van der Waals surface area (Å²) in [6, 6.07) is 9.92. The lowest BCUT2D eigenvalue weighted by Crippen LogP contribution is -2.14. The largest absolute Gasteiger partial charge is 0.462 e. The highest BCUT2D eigenvalue weighted by atomic mass is 16.5. The number of pyridine rings is 1. The molecular weight excluding hydrogens is 306 g/mol. The fourth-order valence-electron chi connectivity index (χ4n) is 1.95. The molecule has 2 N–H and O–H groups in total. The topological polar surface area (TPSA) is 80.3 Å². The second-order valence-corrected chi connectivity index (χ2v) is 4.85. The molecular formula is C18H19N3O3. The maximum absolute atomic E-state index is 12.2. The van der Waals surface area contributed by atoms with Crippen molar-refractivity contribution in [2.24, 2.45) is 0 Å². The third-order valence-corrected chi connectivity index (χ3v) is 3.10. The second kappa shape index (κ2) is 8.47. The smallest absolute Gasteiger partial charge is 0.338 e. The summed E-state index contributed by atoms with van der Waals surface area (Å²) in [5, 5.41) is 5.83. The van der Waals surface area contributed by atoms with Crippen molar-refractivity contribution in [2.75, 3.05) is 23.8 Å². The Balaban J connectivity index is 2.04. The summed E-state index contributed by atoms with van der Waals surface area (Å²) in [7, 11) is 0. The average molecular weight is 325 g/mol. The molecule has 24 heavy (non-hydrogen) atoms. The van der Waals surface area contributed by atoms with Crippen LogP contribution in [-0.2, 0) is 4.74 Å². The molecule has 0 aliphatic carbocycles. The third kappa shape index (κ3) is 4.67. The van der Waals surface area contributed by atoms with Gasteiger partial charge in [-0.1, -0.05) is 6.08 Å². The Morgan fingerprint density at radius 2 is 1.96 bits per heavy atom. The first-order valence-electron chi connectivity index (χ1n) is 7.53. The summed E-state index contributed by atoms with van der Waals surface area (Å²) >= 11 is 0. The Labute approximate surface area is 140 Å². The van der Waals surface area contributed by atoms with Crippen LogP contribution in [0.4, 0.5) is 11.4 Å². The quantitative estimate of drug-likeness (QED) is 0.604. The molecule has 0 atom stereocenters. The van der Waals surface area contributed by atoms with E-state index in [1.807, 2.05) is 0 Å². The van der Waals surface area contributed by atoms with Crippen molar-refractivity contribution in [3.63, 3.8) is 0 Å². The van der Waals surface area contributed by atoms with Gasteiger partial charge in [-0.15, -0.1) is 6.58 Å². The van der Waals surface area contributed by atoms with Crippen molar-refractivity contribution < 1.29 is 14.3 Å². The minimum atomic E-state index is -0.391. The highest BCUT2D eigenvalue weighted by molar-refractivity contribution is 6.03. The summed E-state index contributed by atoms with van der Waals surface area (Å²) in [5.74, 6) is -0.723. The minimum Gasteiger partial charge on any atom is -0.462 e. The first kappa shape index (κ1) is 17.2. The van der Waals surface area contributed by atoms with E-state index in [-0.39, 0.29) is 5.91 Å². The number of carbonyl (C=O) groups is 2. The second-order valence-electron chi connectivity index (χ2n) is 4.85. The molecule has 1 aromatic carbocycles. The van der Waals surface area contributed by atoms with Gasteiger partial charge in [-0.2, -0.15) is 0 Å². The van der Waals surface area contributed by atoms with Crippen LogP contribution in [0.2, 0.25) is 0 Å². The predicted molar refractivity (Wildman–Crippen MR) is 93.3 cm³/mol. The highest BCUT2D eigenvalue weighted by Gasteiger charge is 2.10. The molecule has 2 aromatic rings. The van der Waals surface area contributed by atoms with E-state index in [0.717, 1.165) is 5.69 Å². The SMILES string of the molecule is C=CCNc1ccnc(C(=O)Nc2ccc(C(=O)OCC)cc2)c1. The summed E-state index contributed by atoms with van der Waals surface area (Å²) in [5.41, 5.74) is 2.08. The van der Waals surface area contributed by atoms with Gasteiger partial charge < -0.3 is 15.4 Å². The maximum atomic E-state index is 12.2. The highest BCUT2D eigenvalue weighted by Crippen LogP contribution is 2.13. The van der Waals surface area contributed by atoms with Gasteiger partial charge in [0.05, 0.1) is 12.2 Å². The van der Waals surface area contributed by atoms with Crippen molar-refractivity contribution in [1.29, 1.82) is 0 Å². The third-order valence-electron chi connectivity index (χ3n) is 3.10. The molecule has 0 spiro atoms. The monoisotopic (exact) mass is 325 g/mol. The van der Waals surface area contributed by atoms with Crippen molar-refractivity contribution in [3.8, 4) is 0 Å². The molecule has 1 heterocycles. The van der Waals surface area contributed by atoms with Crippen LogP contribution in [0.1, 0.15) is 27.8 Å². The van der Waals surface area contributed by atoms with Crippen LogP contribution in [0.3, 0.4) is 0 Å². The van der Waals surface area contributed by atoms with Crippen LogP contribution < -0.4 is 10.6 Å². The molecule has 0 aliphatic rings. The number of nitrogens with one attached hydrogen (secondary N) is 2. The molecule has 0 fully saturated rings. The first-order valence-corrected chi connectivity index (χ1v) is 7.53. The average Bonchev–Trinajstić information content (AvgIpc) is 2.61. The number of aromatic nitrogens is 1. The lowest BCUT2D eigenvalue weighted by atomic mass is 10.2. The Bertz CT molecular complexity index is 727. The summed E-state index contributed by atoms with van der Waals surface area (Å²) in [4.78, 5) is 27.9. The number of hydrogen-bond acceptors (Lipinski definition) is 5. The van der Waals surface area contributed by atoms with E-state index in [1.165, 1.54) is 0 Å². The van der Waals surface area contributed by atoms with Crippen LogP contribution in [-0.4, -0.2) is 30.0 Å². The molecule has 6 nitrogen and oxygen atoms in total. The fraction of sp³-hybridized carbons (Fsp3) is 0.167. The number of hydrogen-bond donors (Lipinski definition) is 2. The molecule has 2 rings (SSSR count). The maximum Gasteiger partial charge on any atom is 0.338 e. The van der Waals surface area contributed by atoms with E-state index in [4.69, 9.17) is 4.74 Å². The van der Waals surface area contributed by atoms with Crippen LogP contribution in [0.15, 0.2) is 55.3 Å². The van der Waals surface area contributed by atoms with Gasteiger partial charge >= 0.3 is 5.97 Å². The van der Waals surface area contributed by atoms with Gasteiger partial charge in [0.25, 0.3) is 5.91 Å². The Kier molecular flexibility index (Phi) is 6.08. The summed E-state index contributed by atoms with van der Waals surface area (Å²) < 4.78 is 4.91. The molecule has 0 aliphatic heterocycles. The predicted octanol–water partition coefficient (Wildman–Crippen LogP) is 3.11. The summed E-state index contributed by atoms with van der Waals surface area (Å²) in [6.45, 7) is 6.29. The van der Waals surface area contributed by atoms with Gasteiger partial charge in [0.15, 0.2) is 0 Å². The number of ether oxygens (including phenoxy) is 1. The molecule has 0 bridgehead atoms. The number of rotatable bonds is 7. The van der Waals surface area contributed by atoms with Crippen LogP contribution in [0, 0.1) is 0 Å². The van der Waals surface area contributed by atoms with Gasteiger partial charge in [0.2, 0.25) is 0 Å². The minimum absolute atomic E-state index is 0.290. The Morgan fingerprint density at radius 3 is 2.62 bits per heavy atom. The van der Waals surface area contributed by atoms with Gasteiger partial charge in [-0.25, -0.2) is 4.79 Å². The van der Waals surface area contributed by atoms with Gasteiger partial charge in [0, 0.05) is 24.1 Å². The number of amides is 1. The zero-order chi connectivity index (χ0) is 17.4. The molecule has 0 radical (unpaired) electrons. The Hall–Kier alpha value is -3.15. The Morgan fingerprint density at radius 1 is 1.21 bits per heavy atom. The zero-order valence-electron chi connectivity index (χ0n) is 13.4. The fourth-order valence-corrected chi connectivity index (χ4v) is 1.95. The van der Waals surface area contributed by atoms with Crippen molar-refractivity contribution in [2.45, 2.75) is 6.92 Å². The molecule has 0 saturated heterocycles. The molecule has 0 saturated carbocycles. The molecule has 1 aromatic heterocycles. The number of anilines is 2. The lowest BCUT2D eigenvalue weighted by molar-refractivity contribution is 0.0526. The molecule has 0 unspecified atom stereocenters. The van der Waals surface area contributed by atoms with Crippen LogP contribution in [0.25, 0.3) is 0 Å². The van der Waals surface area contributed by atoms with Gasteiger partial charge in [0.1, 0.15) is 5.69 Å². The van der Waals surface area contributed by atoms with E-state index in [2.05, 4.69) is 22.2 Å². The first-order chi connectivity index (χ1) is 11.6. The normalized spacial score (nSPS) is 9.88. The van der Waals surface area contributed by atoms with Crippen molar-refractivity contribution in [1.82, 2.24) is 4.98 Å². The van der Waals surface area contributed by atoms with E-state index < -0.39 is 5.97 Å². The molecule has 1 amide bonds. The lowest BCUT2D eigenvalue weighted by Gasteiger charge is -2.08. The van der Waals surface area contributed by atoms with E-state index in [0.29, 0.717) is 30.1 Å². The van der Waals surface area contributed by atoms with E-state index in [1.54, 1.807) is 55.6 Å². The number of benzene rings is 1. The van der Waals surface area contributed by atoms with Crippen molar-refractivity contribution in [3.05, 3.63) is 66.5 Å². The van der Waals surface area contributed by atoms with Crippen LogP contribution in [0.5, 0.6) is 0 Å². The van der Waals surface area contributed by atoms with E-state index in [9.17, 15) is 9.59 Å². The van der Waals surface area contributed by atoms with Crippen molar-refractivity contribution >= 4 is 23.3 Å². The zero-order valence-corrected chi connectivity index (χ0v) is 13.4. The standard InChI is InChI=1S/C18H19N3O3/c1-3-10-19-15-9-11-20-16(12-15)17(22)21-14-7-5-13(6-8-14)18(23)24-4-2/h3,5-9,11-12H,1,4,10H2,2H3,(H,19,20)(H,21,22). The van der Waals surface area contributed by atoms with Gasteiger partial charge in [-0.05, 0) is 43.3 Å². The van der Waals surface area contributed by atoms with E-state index >= 15 is 0 Å². The molecule has 6 heteroatoms. The number of carbonyl (C=O) groups excluding carboxylic acids is 2. The number of esters is 1. The van der Waals surface area contributed by atoms with Gasteiger partial charge in [-0.3, -0.25) is 9.78 Å². The summed E-state index contributed by atoms with van der Waals surface area (Å²) in [6.07, 6.45) is 3.29. The van der Waals surface area contributed by atoms with Crippen LogP contribution >= 0.6 is 0 Å². The molecule has 124 valence electrons.